The van der Waals surface area contributed by atoms with Gasteiger partial charge in [-0.3, -0.25) is 0 Å². The number of hydrogen-bond donors (Lipinski definition) is 0. The van der Waals surface area contributed by atoms with Gasteiger partial charge in [-0.25, -0.2) is 0 Å². The van der Waals surface area contributed by atoms with Gasteiger partial charge in [0, 0.05) is 5.92 Å². The van der Waals surface area contributed by atoms with Crippen molar-refractivity contribution in [3.63, 3.8) is 0 Å². The van der Waals surface area contributed by atoms with Gasteiger partial charge in [-0.15, -0.1) is 0 Å². The van der Waals surface area contributed by atoms with Crippen LogP contribution in [0.5, 0.6) is 0 Å². The molecule has 1 heteroatoms. The third kappa shape index (κ3) is 1.11. The third-order valence-corrected chi connectivity index (χ3v) is 3.62. The lowest BCUT2D eigenvalue weighted by molar-refractivity contribution is -0.109. The summed E-state index contributed by atoms with van der Waals surface area (Å²) in [6.45, 7) is 2.22. The van der Waals surface area contributed by atoms with Gasteiger partial charge in [0.2, 0.25) is 0 Å². The van der Waals surface area contributed by atoms with Crippen LogP contribution in [0.2, 0.25) is 0 Å². The molecule has 0 amide bonds. The minimum atomic E-state index is 0.429. The van der Waals surface area contributed by atoms with Crippen molar-refractivity contribution in [3.8, 4) is 0 Å². The zero-order chi connectivity index (χ0) is 7.84. The van der Waals surface area contributed by atoms with Crippen LogP contribution in [0.25, 0.3) is 0 Å². The lowest BCUT2D eigenvalue weighted by Gasteiger charge is -2.05. The van der Waals surface area contributed by atoms with E-state index in [1.807, 2.05) is 0 Å². The van der Waals surface area contributed by atoms with Crippen molar-refractivity contribution < 1.29 is 4.79 Å². The lowest BCUT2D eigenvalue weighted by Crippen LogP contribution is -1.98. The monoisotopic (exact) mass is 152 g/mol. The van der Waals surface area contributed by atoms with Crippen molar-refractivity contribution in [1.29, 1.82) is 0 Å². The molecule has 11 heavy (non-hydrogen) atoms. The first-order valence-corrected chi connectivity index (χ1v) is 4.80. The summed E-state index contributed by atoms with van der Waals surface area (Å²) in [4.78, 5) is 10.5. The standard InChI is InChI=1S/C10H16O/c1-7-9(6-11)10(7)8-4-2-3-5-8/h6-10H,2-5H2,1H3/t7-,9+,10+/m1/s1. The zero-order valence-electron chi connectivity index (χ0n) is 7.12. The Morgan fingerprint density at radius 1 is 1.27 bits per heavy atom. The molecule has 2 rings (SSSR count). The van der Waals surface area contributed by atoms with Crippen LogP contribution in [0.3, 0.4) is 0 Å². The quantitative estimate of drug-likeness (QED) is 0.555. The molecule has 1 nitrogen and oxygen atoms in total. The van der Waals surface area contributed by atoms with Crippen LogP contribution < -0.4 is 0 Å². The second kappa shape index (κ2) is 2.62. The van der Waals surface area contributed by atoms with Crippen molar-refractivity contribution >= 4 is 6.29 Å². The van der Waals surface area contributed by atoms with Gasteiger partial charge in [0.15, 0.2) is 0 Å². The number of hydrogen-bond acceptors (Lipinski definition) is 1. The SMILES string of the molecule is C[C@@H]1[C@H](C=O)[C@@H]1C1CCCC1. The zero-order valence-corrected chi connectivity index (χ0v) is 7.12. The van der Waals surface area contributed by atoms with Crippen LogP contribution in [0.1, 0.15) is 32.6 Å². The molecule has 2 aliphatic rings. The summed E-state index contributed by atoms with van der Waals surface area (Å²) in [5, 5.41) is 0. The predicted molar refractivity (Wildman–Crippen MR) is 44.2 cm³/mol. The average Bonchev–Trinajstić information content (AvgIpc) is 2.53. The molecule has 3 atom stereocenters. The molecule has 0 N–H and O–H groups in total. The third-order valence-electron chi connectivity index (χ3n) is 3.62. The molecular formula is C10H16O. The van der Waals surface area contributed by atoms with Gasteiger partial charge in [0.25, 0.3) is 0 Å². The Morgan fingerprint density at radius 2 is 1.91 bits per heavy atom. The summed E-state index contributed by atoms with van der Waals surface area (Å²) in [5.41, 5.74) is 0. The van der Waals surface area contributed by atoms with Gasteiger partial charge in [-0.2, -0.15) is 0 Å². The van der Waals surface area contributed by atoms with Crippen molar-refractivity contribution in [2.45, 2.75) is 32.6 Å². The van der Waals surface area contributed by atoms with Crippen molar-refractivity contribution in [2.24, 2.45) is 23.7 Å². The van der Waals surface area contributed by atoms with E-state index in [0.717, 1.165) is 11.8 Å². The Balaban J connectivity index is 1.92. The van der Waals surface area contributed by atoms with Crippen LogP contribution in [0.4, 0.5) is 0 Å². The molecule has 0 unspecified atom stereocenters. The number of aldehydes is 1. The molecule has 0 bridgehead atoms. The van der Waals surface area contributed by atoms with Crippen LogP contribution in [-0.4, -0.2) is 6.29 Å². The van der Waals surface area contributed by atoms with Gasteiger partial charge < -0.3 is 4.79 Å². The fraction of sp³-hybridized carbons (Fsp3) is 0.900. The number of carbonyl (C=O) groups excluding carboxylic acids is 1. The van der Waals surface area contributed by atoms with Crippen molar-refractivity contribution in [1.82, 2.24) is 0 Å². The molecule has 0 aromatic heterocycles. The Bertz CT molecular complexity index is 158. The van der Waals surface area contributed by atoms with Gasteiger partial charge in [-0.05, 0) is 17.8 Å². The normalized spacial score (nSPS) is 44.3. The second-order valence-electron chi connectivity index (χ2n) is 4.19. The highest BCUT2D eigenvalue weighted by atomic mass is 16.1. The van der Waals surface area contributed by atoms with E-state index in [-0.39, 0.29) is 0 Å². The first kappa shape index (κ1) is 7.33. The topological polar surface area (TPSA) is 17.1 Å². The van der Waals surface area contributed by atoms with E-state index in [0.29, 0.717) is 11.8 Å². The van der Waals surface area contributed by atoms with Gasteiger partial charge in [0.05, 0.1) is 0 Å². The fourth-order valence-electron chi connectivity index (χ4n) is 2.83. The molecule has 0 aromatic carbocycles. The first-order chi connectivity index (χ1) is 5.34. The van der Waals surface area contributed by atoms with E-state index in [2.05, 4.69) is 6.92 Å². The summed E-state index contributed by atoms with van der Waals surface area (Å²) in [5.74, 6) is 2.81. The molecule has 0 heterocycles. The molecular weight excluding hydrogens is 136 g/mol. The molecule has 0 radical (unpaired) electrons. The summed E-state index contributed by atoms with van der Waals surface area (Å²) < 4.78 is 0. The van der Waals surface area contributed by atoms with Crippen LogP contribution >= 0.6 is 0 Å². The van der Waals surface area contributed by atoms with Crippen LogP contribution in [-0.2, 0) is 4.79 Å². The van der Waals surface area contributed by atoms with Crippen molar-refractivity contribution in [2.75, 3.05) is 0 Å². The summed E-state index contributed by atoms with van der Waals surface area (Å²) in [7, 11) is 0. The highest BCUT2D eigenvalue weighted by Crippen LogP contribution is 2.53. The van der Waals surface area contributed by atoms with Gasteiger partial charge >= 0.3 is 0 Å². The van der Waals surface area contributed by atoms with Crippen LogP contribution in [0.15, 0.2) is 0 Å². The molecule has 2 saturated carbocycles. The molecule has 0 aliphatic heterocycles. The van der Waals surface area contributed by atoms with E-state index in [9.17, 15) is 4.79 Å². The van der Waals surface area contributed by atoms with Crippen molar-refractivity contribution in [3.05, 3.63) is 0 Å². The smallest absolute Gasteiger partial charge is 0.123 e. The van der Waals surface area contributed by atoms with Gasteiger partial charge in [0.1, 0.15) is 6.29 Å². The fourth-order valence-corrected chi connectivity index (χ4v) is 2.83. The summed E-state index contributed by atoms with van der Waals surface area (Å²) >= 11 is 0. The predicted octanol–water partition coefficient (Wildman–Crippen LogP) is 2.26. The lowest BCUT2D eigenvalue weighted by atomic mass is 10.00. The Kier molecular flexibility index (Phi) is 1.74. The maximum absolute atomic E-state index is 10.5. The maximum Gasteiger partial charge on any atom is 0.123 e. The first-order valence-electron chi connectivity index (χ1n) is 4.80. The van der Waals surface area contributed by atoms with Gasteiger partial charge in [-0.1, -0.05) is 32.6 Å². The summed E-state index contributed by atoms with van der Waals surface area (Å²) in [6.07, 6.45) is 6.76. The van der Waals surface area contributed by atoms with E-state index in [4.69, 9.17) is 0 Å². The molecule has 2 fully saturated rings. The summed E-state index contributed by atoms with van der Waals surface area (Å²) in [6, 6.07) is 0. The Morgan fingerprint density at radius 3 is 2.36 bits per heavy atom. The Labute approximate surface area is 68.2 Å². The van der Waals surface area contributed by atoms with E-state index in [1.165, 1.54) is 32.0 Å². The van der Waals surface area contributed by atoms with E-state index >= 15 is 0 Å². The molecule has 0 aromatic rings. The average molecular weight is 152 g/mol. The molecule has 2 aliphatic carbocycles. The second-order valence-corrected chi connectivity index (χ2v) is 4.19. The molecule has 0 spiro atoms. The minimum Gasteiger partial charge on any atom is -0.303 e. The molecule has 0 saturated heterocycles. The van der Waals surface area contributed by atoms with Crippen LogP contribution in [0, 0.1) is 23.7 Å². The maximum atomic E-state index is 10.5. The highest BCUT2D eigenvalue weighted by molar-refractivity contribution is 5.59. The number of rotatable bonds is 2. The van der Waals surface area contributed by atoms with E-state index in [1.54, 1.807) is 0 Å². The minimum absolute atomic E-state index is 0.429. The number of carbonyl (C=O) groups is 1. The van der Waals surface area contributed by atoms with E-state index < -0.39 is 0 Å². The largest absolute Gasteiger partial charge is 0.303 e. The highest BCUT2D eigenvalue weighted by Gasteiger charge is 2.50. The molecule has 62 valence electrons. The Hall–Kier alpha value is -0.330.